The summed E-state index contributed by atoms with van der Waals surface area (Å²) < 4.78 is 51.8. The Kier molecular flexibility index (Phi) is 8.73. The first-order valence-corrected chi connectivity index (χ1v) is 13.6. The van der Waals surface area contributed by atoms with Gasteiger partial charge in [0.05, 0.1) is 35.0 Å². The van der Waals surface area contributed by atoms with Gasteiger partial charge in [0.15, 0.2) is 6.79 Å². The molecule has 0 bridgehead atoms. The van der Waals surface area contributed by atoms with Crippen molar-refractivity contribution in [1.29, 1.82) is 5.26 Å². The Morgan fingerprint density at radius 3 is 2.61 bits per heavy atom. The van der Waals surface area contributed by atoms with Crippen LogP contribution in [0.1, 0.15) is 34.9 Å². The molecule has 0 amide bonds. The smallest absolute Gasteiger partial charge is 0.349 e. The van der Waals surface area contributed by atoms with Crippen molar-refractivity contribution in [3.63, 3.8) is 0 Å². The van der Waals surface area contributed by atoms with Gasteiger partial charge in [0.2, 0.25) is 0 Å². The normalized spacial score (nSPS) is 14.1. The largest absolute Gasteiger partial charge is 0.471 e. The van der Waals surface area contributed by atoms with Gasteiger partial charge in [-0.1, -0.05) is 25.1 Å². The highest BCUT2D eigenvalue weighted by Crippen LogP contribution is 2.42. The molecule has 4 aromatic rings. The van der Waals surface area contributed by atoms with Crippen molar-refractivity contribution in [3.8, 4) is 17.3 Å². The Morgan fingerprint density at radius 2 is 1.97 bits per heavy atom. The van der Waals surface area contributed by atoms with Crippen molar-refractivity contribution in [3.05, 3.63) is 88.3 Å². The number of rotatable bonds is 11. The summed E-state index contributed by atoms with van der Waals surface area (Å²) in [5.41, 5.74) is 2.07. The van der Waals surface area contributed by atoms with E-state index in [9.17, 15) is 8.96 Å². The Morgan fingerprint density at radius 1 is 1.21 bits per heavy atom. The van der Waals surface area contributed by atoms with Gasteiger partial charge in [0, 0.05) is 28.8 Å². The molecule has 1 unspecified atom stereocenters. The third-order valence-electron chi connectivity index (χ3n) is 5.82. The van der Waals surface area contributed by atoms with Crippen LogP contribution in [0.4, 0.5) is 8.78 Å². The number of thiazole rings is 1. The Hall–Kier alpha value is -3.37. The molecular formula is C24H22F2N5O5PS. The summed E-state index contributed by atoms with van der Waals surface area (Å²) in [6, 6.07) is 12.2. The zero-order chi connectivity index (χ0) is 27.3. The number of ether oxygens (including phenoxy) is 1. The lowest BCUT2D eigenvalue weighted by atomic mass is 9.82. The molecule has 0 aliphatic carbocycles. The minimum absolute atomic E-state index is 0.0181. The zero-order valence-corrected chi connectivity index (χ0v) is 21.6. The van der Waals surface area contributed by atoms with Crippen molar-refractivity contribution >= 4 is 19.2 Å². The molecule has 38 heavy (non-hydrogen) atoms. The second-order valence-electron chi connectivity index (χ2n) is 8.30. The van der Waals surface area contributed by atoms with Crippen LogP contribution >= 0.6 is 19.2 Å². The molecule has 4 rings (SSSR count). The van der Waals surface area contributed by atoms with Crippen molar-refractivity contribution in [2.75, 3.05) is 6.79 Å². The molecule has 0 fully saturated rings. The molecule has 0 aliphatic heterocycles. The van der Waals surface area contributed by atoms with Crippen LogP contribution in [0.25, 0.3) is 11.3 Å². The minimum atomic E-state index is -4.84. The van der Waals surface area contributed by atoms with E-state index in [4.69, 9.17) is 24.8 Å². The summed E-state index contributed by atoms with van der Waals surface area (Å²) in [7, 11) is -4.84. The molecule has 0 spiro atoms. The van der Waals surface area contributed by atoms with Gasteiger partial charge in [-0.3, -0.25) is 9.21 Å². The number of phosphoric acid groups is 1. The minimum Gasteiger partial charge on any atom is -0.349 e. The van der Waals surface area contributed by atoms with E-state index in [1.807, 2.05) is 5.38 Å². The third-order valence-corrected chi connectivity index (χ3v) is 7.31. The molecule has 14 heteroatoms. The van der Waals surface area contributed by atoms with Crippen molar-refractivity contribution in [1.82, 2.24) is 19.7 Å². The highest BCUT2D eigenvalue weighted by Gasteiger charge is 2.35. The van der Waals surface area contributed by atoms with Crippen LogP contribution in [0.15, 0.2) is 60.5 Å². The SMILES string of the molecule is C[C@@H](c1nc(-c2ccc(C#N)cc2)cs1)C(c1ccc(F)cc1F)[C@H](Cn1cncn1)OCOP(=O)(O)O. The van der Waals surface area contributed by atoms with Gasteiger partial charge in [0.1, 0.15) is 24.3 Å². The molecule has 0 radical (unpaired) electrons. The number of halogens is 2. The number of hydrogen-bond donors (Lipinski definition) is 2. The van der Waals surface area contributed by atoms with E-state index in [1.54, 1.807) is 31.2 Å². The Bertz CT molecular complexity index is 1460. The molecule has 2 heterocycles. The van der Waals surface area contributed by atoms with E-state index in [-0.39, 0.29) is 12.1 Å². The lowest BCUT2D eigenvalue weighted by molar-refractivity contribution is -0.0676. The molecule has 0 saturated carbocycles. The highest BCUT2D eigenvalue weighted by atomic mass is 32.1. The van der Waals surface area contributed by atoms with Gasteiger partial charge in [-0.2, -0.15) is 10.4 Å². The third kappa shape index (κ3) is 6.93. The number of nitrogens with zero attached hydrogens (tertiary/aromatic N) is 5. The predicted molar refractivity (Wildman–Crippen MR) is 133 cm³/mol. The van der Waals surface area contributed by atoms with Crippen LogP contribution in [-0.2, 0) is 20.4 Å². The van der Waals surface area contributed by atoms with Crippen molar-refractivity contribution in [2.45, 2.75) is 31.4 Å². The van der Waals surface area contributed by atoms with Crippen molar-refractivity contribution in [2.24, 2.45) is 0 Å². The monoisotopic (exact) mass is 561 g/mol. The van der Waals surface area contributed by atoms with Gasteiger partial charge < -0.3 is 14.5 Å². The molecule has 10 nitrogen and oxygen atoms in total. The van der Waals surface area contributed by atoms with E-state index < -0.39 is 44.2 Å². The summed E-state index contributed by atoms with van der Waals surface area (Å²) in [4.78, 5) is 26.8. The second-order valence-corrected chi connectivity index (χ2v) is 10.4. The summed E-state index contributed by atoms with van der Waals surface area (Å²) in [6.45, 7) is 1.03. The fourth-order valence-corrected chi connectivity index (χ4v) is 5.16. The lowest BCUT2D eigenvalue weighted by Gasteiger charge is -2.31. The standard InChI is InChI=1S/C24H22F2N5O5PS/c1-15(24-30-21(11-38-24)17-4-2-16(9-27)3-5-17)23(19-7-6-18(25)8-20(19)26)22(10-31-13-28-12-29-31)35-14-36-37(32,33)34/h2-8,11-13,15,22-23H,10,14H2,1H3,(H2,32,33,34)/t15-,22+,23?/m1/s1. The Balaban J connectivity index is 1.72. The lowest BCUT2D eigenvalue weighted by Crippen LogP contribution is -2.32. The molecule has 0 saturated heterocycles. The molecule has 2 aromatic heterocycles. The number of benzene rings is 2. The van der Waals surface area contributed by atoms with E-state index in [0.29, 0.717) is 16.3 Å². The average molecular weight is 562 g/mol. The number of hydrogen-bond acceptors (Lipinski definition) is 8. The number of phosphoric ester groups is 1. The Labute approximate surface area is 220 Å². The zero-order valence-electron chi connectivity index (χ0n) is 19.9. The average Bonchev–Trinajstić information content (AvgIpc) is 3.57. The molecular weight excluding hydrogens is 539 g/mol. The van der Waals surface area contributed by atoms with Crippen LogP contribution in [0.3, 0.4) is 0 Å². The van der Waals surface area contributed by atoms with Gasteiger partial charge in [-0.05, 0) is 23.8 Å². The van der Waals surface area contributed by atoms with Crippen LogP contribution in [0, 0.1) is 23.0 Å². The van der Waals surface area contributed by atoms with Gasteiger partial charge in [0.25, 0.3) is 0 Å². The molecule has 198 valence electrons. The second kappa shape index (κ2) is 12.0. The predicted octanol–water partition coefficient (Wildman–Crippen LogP) is 4.59. The summed E-state index contributed by atoms with van der Waals surface area (Å²) >= 11 is 1.33. The maximum absolute atomic E-state index is 15.1. The first-order valence-electron chi connectivity index (χ1n) is 11.2. The van der Waals surface area contributed by atoms with Crippen molar-refractivity contribution < 1.29 is 32.4 Å². The first kappa shape index (κ1) is 27.7. The summed E-state index contributed by atoms with van der Waals surface area (Å²) in [5.74, 6) is -2.88. The van der Waals surface area contributed by atoms with Crippen LogP contribution in [-0.4, -0.2) is 42.4 Å². The molecule has 0 aliphatic rings. The fourth-order valence-electron chi connectivity index (χ4n) is 4.03. The highest BCUT2D eigenvalue weighted by molar-refractivity contribution is 7.46. The number of aromatic nitrogens is 4. The molecule has 2 N–H and O–H groups in total. The number of nitriles is 1. The molecule has 2 aromatic carbocycles. The topological polar surface area (TPSA) is 143 Å². The van der Waals surface area contributed by atoms with Crippen LogP contribution < -0.4 is 0 Å². The van der Waals surface area contributed by atoms with Gasteiger partial charge in [-0.25, -0.2) is 23.3 Å². The summed E-state index contributed by atoms with van der Waals surface area (Å²) in [5, 5.41) is 15.5. The van der Waals surface area contributed by atoms with E-state index in [2.05, 4.69) is 20.7 Å². The van der Waals surface area contributed by atoms with E-state index >= 15 is 4.39 Å². The van der Waals surface area contributed by atoms with Gasteiger partial charge >= 0.3 is 7.82 Å². The molecule has 3 atom stereocenters. The summed E-state index contributed by atoms with van der Waals surface area (Å²) in [6.07, 6.45) is 1.76. The van der Waals surface area contributed by atoms with Gasteiger partial charge in [-0.15, -0.1) is 11.3 Å². The van der Waals surface area contributed by atoms with E-state index in [0.717, 1.165) is 17.7 Å². The maximum atomic E-state index is 15.1. The van der Waals surface area contributed by atoms with Crippen LogP contribution in [0.2, 0.25) is 0 Å². The van der Waals surface area contributed by atoms with Crippen LogP contribution in [0.5, 0.6) is 0 Å². The van der Waals surface area contributed by atoms with E-state index in [1.165, 1.54) is 34.7 Å². The first-order chi connectivity index (χ1) is 18.1. The maximum Gasteiger partial charge on any atom is 0.471 e. The fraction of sp³-hybridized carbons (Fsp3) is 0.250. The quantitative estimate of drug-likeness (QED) is 0.198.